The summed E-state index contributed by atoms with van der Waals surface area (Å²) in [6, 6.07) is 0. The third-order valence-corrected chi connectivity index (χ3v) is 2.90. The fourth-order valence-corrected chi connectivity index (χ4v) is 2.27. The van der Waals surface area contributed by atoms with Crippen LogP contribution >= 0.6 is 0 Å². The zero-order valence-electron chi connectivity index (χ0n) is 11.1. The second-order valence-corrected chi connectivity index (χ2v) is 5.07. The molecule has 0 unspecified atom stereocenters. The van der Waals surface area contributed by atoms with Crippen molar-refractivity contribution in [3.63, 3.8) is 0 Å². The van der Waals surface area contributed by atoms with Gasteiger partial charge in [-0.1, -0.05) is 19.8 Å². The predicted molar refractivity (Wildman–Crippen MR) is 68.3 cm³/mol. The highest BCUT2D eigenvalue weighted by atomic mass is 16.5. The molecule has 1 rings (SSSR count). The zero-order chi connectivity index (χ0) is 12.0. The van der Waals surface area contributed by atoms with Gasteiger partial charge in [-0.2, -0.15) is 0 Å². The Hall–Kier alpha value is -0.520. The largest absolute Gasteiger partial charge is 0.362 e. The molecule has 0 saturated carbocycles. The number of rotatable bonds is 4. The van der Waals surface area contributed by atoms with Crippen LogP contribution in [0.5, 0.6) is 0 Å². The van der Waals surface area contributed by atoms with Crippen molar-refractivity contribution in [2.75, 3.05) is 19.6 Å². The molecule has 0 spiro atoms. The van der Waals surface area contributed by atoms with Crippen molar-refractivity contribution in [2.24, 2.45) is 5.92 Å². The minimum absolute atomic E-state index is 0.0895. The third kappa shape index (κ3) is 5.01. The number of hydrogen-bond donors (Lipinski definition) is 0. The van der Waals surface area contributed by atoms with Gasteiger partial charge < -0.3 is 9.64 Å². The number of hydrogen-bond acceptors (Lipinski definition) is 2. The fourth-order valence-electron chi connectivity index (χ4n) is 2.27. The van der Waals surface area contributed by atoms with Crippen molar-refractivity contribution >= 4 is 0 Å². The van der Waals surface area contributed by atoms with Crippen LogP contribution in [0.25, 0.3) is 0 Å². The van der Waals surface area contributed by atoms with Gasteiger partial charge in [0.05, 0.1) is 6.10 Å². The Balaban J connectivity index is 2.23. The minimum atomic E-state index is 0.0895. The Morgan fingerprint density at radius 3 is 2.38 bits per heavy atom. The maximum atomic E-state index is 5.88. The molecular formula is C14H25NO. The molecule has 1 heterocycles. The van der Waals surface area contributed by atoms with Crippen molar-refractivity contribution < 1.29 is 4.74 Å². The maximum Gasteiger partial charge on any atom is 0.115 e. The van der Waals surface area contributed by atoms with E-state index in [4.69, 9.17) is 4.74 Å². The topological polar surface area (TPSA) is 12.5 Å². The summed E-state index contributed by atoms with van der Waals surface area (Å²) in [6.07, 6.45) is 2.82. The van der Waals surface area contributed by atoms with Crippen molar-refractivity contribution in [2.45, 2.75) is 52.7 Å². The van der Waals surface area contributed by atoms with Crippen LogP contribution in [-0.2, 0) is 4.74 Å². The molecule has 0 N–H and O–H groups in total. The highest BCUT2D eigenvalue weighted by Gasteiger charge is 2.21. The molecule has 92 valence electrons. The molecular weight excluding hydrogens is 198 g/mol. The van der Waals surface area contributed by atoms with Crippen LogP contribution in [0.2, 0.25) is 0 Å². The first-order chi connectivity index (χ1) is 7.61. The maximum absolute atomic E-state index is 5.88. The highest BCUT2D eigenvalue weighted by Crippen LogP contribution is 2.16. The summed E-state index contributed by atoms with van der Waals surface area (Å²) in [5.41, 5.74) is 0. The van der Waals surface area contributed by atoms with Crippen LogP contribution in [0.1, 0.15) is 40.5 Å². The van der Waals surface area contributed by atoms with E-state index in [1.807, 2.05) is 13.8 Å². The summed E-state index contributed by atoms with van der Waals surface area (Å²) in [7, 11) is 0. The molecule has 1 fully saturated rings. The number of nitrogens with zero attached hydrogens (tertiary/aromatic N) is 1. The molecule has 0 aliphatic carbocycles. The first-order valence-corrected chi connectivity index (χ1v) is 6.42. The van der Waals surface area contributed by atoms with Gasteiger partial charge in [0.2, 0.25) is 0 Å². The smallest absolute Gasteiger partial charge is 0.115 e. The minimum Gasteiger partial charge on any atom is -0.362 e. The van der Waals surface area contributed by atoms with E-state index in [-0.39, 0.29) is 6.10 Å². The summed E-state index contributed by atoms with van der Waals surface area (Å²) in [6.45, 7) is 12.0. The lowest BCUT2D eigenvalue weighted by Gasteiger charge is -2.33. The molecule has 0 aromatic rings. The van der Waals surface area contributed by atoms with E-state index < -0.39 is 0 Å². The molecule has 16 heavy (non-hydrogen) atoms. The summed E-state index contributed by atoms with van der Waals surface area (Å²) in [4.78, 5) is 2.54. The Bertz CT molecular complexity index is 243. The van der Waals surface area contributed by atoms with E-state index in [1.54, 1.807) is 0 Å². The van der Waals surface area contributed by atoms with Gasteiger partial charge in [0, 0.05) is 19.6 Å². The second-order valence-electron chi connectivity index (χ2n) is 5.07. The van der Waals surface area contributed by atoms with Gasteiger partial charge in [-0.25, -0.2) is 0 Å². The lowest BCUT2D eigenvalue weighted by atomic mass is 10.1. The molecule has 1 atom stereocenters. The fraction of sp³-hybridized carbons (Fsp3) is 0.857. The average Bonchev–Trinajstić information content (AvgIpc) is 2.20. The van der Waals surface area contributed by atoms with Crippen molar-refractivity contribution in [1.29, 1.82) is 0 Å². The monoisotopic (exact) mass is 223 g/mol. The van der Waals surface area contributed by atoms with Gasteiger partial charge in [-0.15, -0.1) is 5.92 Å². The van der Waals surface area contributed by atoms with E-state index in [9.17, 15) is 0 Å². The Morgan fingerprint density at radius 2 is 1.88 bits per heavy atom. The van der Waals surface area contributed by atoms with Crippen molar-refractivity contribution in [1.82, 2.24) is 4.90 Å². The van der Waals surface area contributed by atoms with Gasteiger partial charge in [0.15, 0.2) is 0 Å². The van der Waals surface area contributed by atoms with Crippen LogP contribution in [0.4, 0.5) is 0 Å². The highest BCUT2D eigenvalue weighted by molar-refractivity contribution is 5.01. The first-order valence-electron chi connectivity index (χ1n) is 6.42. The molecule has 1 aliphatic rings. The predicted octanol–water partition coefficient (Wildman–Crippen LogP) is 2.54. The number of likely N-dealkylation sites (tertiary alicyclic amines) is 1. The van der Waals surface area contributed by atoms with Gasteiger partial charge in [-0.3, -0.25) is 0 Å². The molecule has 0 aromatic heterocycles. The average molecular weight is 223 g/mol. The van der Waals surface area contributed by atoms with E-state index in [0.29, 0.717) is 6.10 Å². The summed E-state index contributed by atoms with van der Waals surface area (Å²) in [5.74, 6) is 6.72. The molecule has 0 aromatic carbocycles. The van der Waals surface area contributed by atoms with Gasteiger partial charge in [0.1, 0.15) is 6.10 Å². The molecule has 1 saturated heterocycles. The normalized spacial score (nSPS) is 20.6. The van der Waals surface area contributed by atoms with Gasteiger partial charge in [0.25, 0.3) is 0 Å². The van der Waals surface area contributed by atoms with Crippen LogP contribution in [0.15, 0.2) is 0 Å². The third-order valence-electron chi connectivity index (χ3n) is 2.90. The van der Waals surface area contributed by atoms with E-state index >= 15 is 0 Å². The lowest BCUT2D eigenvalue weighted by Crippen LogP contribution is -2.39. The van der Waals surface area contributed by atoms with Crippen molar-refractivity contribution in [3.8, 4) is 11.8 Å². The summed E-state index contributed by atoms with van der Waals surface area (Å²) < 4.78 is 5.88. The van der Waals surface area contributed by atoms with Crippen LogP contribution in [0.3, 0.4) is 0 Å². The van der Waals surface area contributed by atoms with Gasteiger partial charge >= 0.3 is 0 Å². The SMILES string of the molecule is CC#C[C@@H](C)OC1CCN(CC(C)C)CC1. The van der Waals surface area contributed by atoms with E-state index in [1.165, 1.54) is 19.6 Å². The molecule has 0 radical (unpaired) electrons. The Kier molecular flexibility index (Phi) is 5.87. The quantitative estimate of drug-likeness (QED) is 0.679. The Morgan fingerprint density at radius 1 is 1.25 bits per heavy atom. The molecule has 0 bridgehead atoms. The molecule has 2 heteroatoms. The first kappa shape index (κ1) is 13.5. The van der Waals surface area contributed by atoms with E-state index in [0.717, 1.165) is 18.8 Å². The van der Waals surface area contributed by atoms with Crippen LogP contribution in [0, 0.1) is 17.8 Å². The van der Waals surface area contributed by atoms with Crippen LogP contribution in [-0.4, -0.2) is 36.7 Å². The lowest BCUT2D eigenvalue weighted by molar-refractivity contribution is -0.0134. The summed E-state index contributed by atoms with van der Waals surface area (Å²) >= 11 is 0. The zero-order valence-corrected chi connectivity index (χ0v) is 11.1. The molecule has 0 amide bonds. The summed E-state index contributed by atoms with van der Waals surface area (Å²) in [5, 5.41) is 0. The standard InChI is InChI=1S/C14H25NO/c1-5-6-13(4)16-14-7-9-15(10-8-14)11-12(2)3/h12-14H,7-11H2,1-4H3/t13-/m1/s1. The molecule has 1 aliphatic heterocycles. The van der Waals surface area contributed by atoms with Gasteiger partial charge in [-0.05, 0) is 32.6 Å². The number of ether oxygens (including phenoxy) is 1. The number of piperidine rings is 1. The second kappa shape index (κ2) is 6.93. The Labute approximate surface area is 100 Å². The van der Waals surface area contributed by atoms with Crippen molar-refractivity contribution in [3.05, 3.63) is 0 Å². The van der Waals surface area contributed by atoms with E-state index in [2.05, 4.69) is 30.6 Å². The molecule has 2 nitrogen and oxygen atoms in total. The van der Waals surface area contributed by atoms with Crippen LogP contribution < -0.4 is 0 Å².